The van der Waals surface area contributed by atoms with Crippen LogP contribution in [-0.4, -0.2) is 9.66 Å². The molecule has 0 atom stereocenters. The molecule has 4 N–H and O–H groups in total. The molecular formula is C29H34N6. The molecule has 0 bridgehead atoms. The number of nitrogens with zero attached hydrogens (tertiary/aromatic N) is 4. The molecule has 0 unspecified atom stereocenters. The minimum absolute atomic E-state index is 0.187. The minimum atomic E-state index is 0.187. The van der Waals surface area contributed by atoms with Crippen LogP contribution in [0, 0.1) is 0 Å². The number of hydrogen-bond donors (Lipinski definition) is 2. The maximum atomic E-state index is 6.08. The largest absolute Gasteiger partial charge is 0.368 e. The first-order valence-corrected chi connectivity index (χ1v) is 12.5. The van der Waals surface area contributed by atoms with Gasteiger partial charge >= 0.3 is 0 Å². The van der Waals surface area contributed by atoms with Crippen molar-refractivity contribution in [3.8, 4) is 22.4 Å². The lowest BCUT2D eigenvalue weighted by molar-refractivity contribution is 0.607. The summed E-state index contributed by atoms with van der Waals surface area (Å²) in [4.78, 5) is 4.42. The zero-order valence-electron chi connectivity index (χ0n) is 20.4. The van der Waals surface area contributed by atoms with Crippen molar-refractivity contribution in [2.75, 3.05) is 11.6 Å². The highest BCUT2D eigenvalue weighted by Crippen LogP contribution is 2.33. The van der Waals surface area contributed by atoms with Crippen LogP contribution in [0.5, 0.6) is 0 Å². The highest BCUT2D eigenvalue weighted by atomic mass is 15.4. The number of aryl methyl sites for hydroxylation is 1. The minimum Gasteiger partial charge on any atom is -0.368 e. The number of nitrogens with two attached hydrogens (primary N) is 2. The van der Waals surface area contributed by atoms with Crippen LogP contribution in [0.25, 0.3) is 22.4 Å². The molecule has 3 aromatic carbocycles. The molecule has 6 nitrogen and oxygen atoms in total. The molecule has 0 aliphatic heterocycles. The summed E-state index contributed by atoms with van der Waals surface area (Å²) in [6.07, 6.45) is 9.09. The Morgan fingerprint density at radius 3 is 2.00 bits per heavy atom. The van der Waals surface area contributed by atoms with Crippen LogP contribution >= 0.6 is 0 Å². The second-order valence-electron chi connectivity index (χ2n) is 8.84. The van der Waals surface area contributed by atoms with Crippen molar-refractivity contribution >= 4 is 17.5 Å². The molecule has 1 aromatic heterocycles. The van der Waals surface area contributed by atoms with E-state index >= 15 is 0 Å². The number of anilines is 1. The number of hydrogen-bond acceptors (Lipinski definition) is 5. The first kappa shape index (κ1) is 24.2. The third-order valence-electron chi connectivity index (χ3n) is 6.19. The monoisotopic (exact) mass is 466 g/mol. The molecule has 0 spiro atoms. The van der Waals surface area contributed by atoms with E-state index in [0.29, 0.717) is 11.5 Å². The van der Waals surface area contributed by atoms with Crippen LogP contribution in [0.3, 0.4) is 0 Å². The molecule has 4 rings (SSSR count). The van der Waals surface area contributed by atoms with Gasteiger partial charge in [0.15, 0.2) is 0 Å². The Morgan fingerprint density at radius 2 is 1.31 bits per heavy atom. The molecule has 35 heavy (non-hydrogen) atoms. The smallest absolute Gasteiger partial charge is 0.221 e. The number of rotatable bonds is 11. The summed E-state index contributed by atoms with van der Waals surface area (Å²) in [6.45, 7) is 2.26. The average molecular weight is 467 g/mol. The zero-order chi connectivity index (χ0) is 24.5. The van der Waals surface area contributed by atoms with Crippen LogP contribution < -0.4 is 11.6 Å². The number of aromatic nitrogens is 2. The van der Waals surface area contributed by atoms with Gasteiger partial charge in [-0.05, 0) is 41.7 Å². The molecular weight excluding hydrogens is 432 g/mol. The molecule has 0 saturated heterocycles. The molecule has 1 heterocycles. The van der Waals surface area contributed by atoms with E-state index in [1.165, 1.54) is 54.3 Å². The van der Waals surface area contributed by atoms with Crippen molar-refractivity contribution in [3.63, 3.8) is 0 Å². The van der Waals surface area contributed by atoms with Gasteiger partial charge in [0.25, 0.3) is 0 Å². The predicted octanol–water partition coefficient (Wildman–Crippen LogP) is 7.83. The van der Waals surface area contributed by atoms with Crippen LogP contribution in [0.1, 0.15) is 51.0 Å². The van der Waals surface area contributed by atoms with Crippen LogP contribution in [-0.2, 0) is 6.42 Å². The topological polar surface area (TPSA) is 94.6 Å². The Kier molecular flexibility index (Phi) is 8.28. The Labute approximate surface area is 207 Å². The first-order valence-electron chi connectivity index (χ1n) is 12.5. The lowest BCUT2D eigenvalue weighted by Gasteiger charge is -2.06. The molecule has 0 aliphatic rings. The number of imidazole rings is 1. The second-order valence-corrected chi connectivity index (χ2v) is 8.84. The van der Waals surface area contributed by atoms with Gasteiger partial charge < -0.3 is 11.6 Å². The van der Waals surface area contributed by atoms with Crippen LogP contribution in [0.15, 0.2) is 89.1 Å². The average Bonchev–Trinajstić information content (AvgIpc) is 3.19. The van der Waals surface area contributed by atoms with Crippen LogP contribution in [0.2, 0.25) is 0 Å². The van der Waals surface area contributed by atoms with Crippen molar-refractivity contribution in [2.45, 2.75) is 51.9 Å². The van der Waals surface area contributed by atoms with Gasteiger partial charge in [0.05, 0.1) is 5.69 Å². The summed E-state index contributed by atoms with van der Waals surface area (Å²) >= 11 is 0. The summed E-state index contributed by atoms with van der Waals surface area (Å²) in [5.74, 6) is 6.68. The van der Waals surface area contributed by atoms with E-state index < -0.39 is 0 Å². The molecule has 180 valence electrons. The van der Waals surface area contributed by atoms with Gasteiger partial charge in [-0.3, -0.25) is 0 Å². The Hall–Kier alpha value is -3.93. The van der Waals surface area contributed by atoms with Crippen LogP contribution in [0.4, 0.5) is 17.5 Å². The van der Waals surface area contributed by atoms with Gasteiger partial charge in [-0.15, -0.1) is 10.2 Å². The molecule has 4 aromatic rings. The van der Waals surface area contributed by atoms with Gasteiger partial charge in [0.2, 0.25) is 11.8 Å². The quantitative estimate of drug-likeness (QED) is 0.134. The molecule has 0 radical (unpaired) electrons. The highest BCUT2D eigenvalue weighted by Gasteiger charge is 2.15. The van der Waals surface area contributed by atoms with Gasteiger partial charge in [-0.25, -0.2) is 9.66 Å². The van der Waals surface area contributed by atoms with E-state index in [0.717, 1.165) is 23.2 Å². The van der Waals surface area contributed by atoms with Crippen molar-refractivity contribution in [1.29, 1.82) is 0 Å². The van der Waals surface area contributed by atoms with Gasteiger partial charge in [0, 0.05) is 5.56 Å². The lowest BCUT2D eigenvalue weighted by atomic mass is 9.99. The zero-order valence-corrected chi connectivity index (χ0v) is 20.4. The van der Waals surface area contributed by atoms with Gasteiger partial charge in [-0.1, -0.05) is 106 Å². The Morgan fingerprint density at radius 1 is 0.714 bits per heavy atom. The Balaban J connectivity index is 1.44. The summed E-state index contributed by atoms with van der Waals surface area (Å²) in [6, 6.07) is 26.6. The van der Waals surface area contributed by atoms with E-state index in [-0.39, 0.29) is 5.95 Å². The summed E-state index contributed by atoms with van der Waals surface area (Å²) < 4.78 is 1.26. The fraction of sp³-hybridized carbons (Fsp3) is 0.276. The van der Waals surface area contributed by atoms with Gasteiger partial charge in [-0.2, -0.15) is 0 Å². The number of nitrogen functional groups attached to an aromatic ring is 2. The third-order valence-corrected chi connectivity index (χ3v) is 6.19. The molecule has 0 saturated carbocycles. The lowest BCUT2D eigenvalue weighted by Crippen LogP contribution is -2.11. The number of benzene rings is 3. The fourth-order valence-electron chi connectivity index (χ4n) is 4.12. The van der Waals surface area contributed by atoms with E-state index in [1.807, 2.05) is 42.5 Å². The molecule has 6 heteroatoms. The third kappa shape index (κ3) is 6.35. The van der Waals surface area contributed by atoms with E-state index in [9.17, 15) is 0 Å². The summed E-state index contributed by atoms with van der Waals surface area (Å²) in [5.41, 5.74) is 11.9. The van der Waals surface area contributed by atoms with E-state index in [4.69, 9.17) is 11.6 Å². The van der Waals surface area contributed by atoms with Crippen molar-refractivity contribution in [2.24, 2.45) is 10.2 Å². The second kappa shape index (κ2) is 12.0. The van der Waals surface area contributed by atoms with E-state index in [2.05, 4.69) is 58.5 Å². The fourth-order valence-corrected chi connectivity index (χ4v) is 4.12. The predicted molar refractivity (Wildman–Crippen MR) is 145 cm³/mol. The maximum absolute atomic E-state index is 6.08. The van der Waals surface area contributed by atoms with Crippen molar-refractivity contribution in [1.82, 2.24) is 9.66 Å². The maximum Gasteiger partial charge on any atom is 0.221 e. The van der Waals surface area contributed by atoms with Crippen molar-refractivity contribution in [3.05, 3.63) is 84.4 Å². The van der Waals surface area contributed by atoms with Crippen molar-refractivity contribution < 1.29 is 0 Å². The van der Waals surface area contributed by atoms with Gasteiger partial charge in [0.1, 0.15) is 5.69 Å². The SMILES string of the molecule is CCCCCCCCc1ccc(-c2ccc(-c3nc(N)n(N)c3N=Nc3ccccc3)cc2)cc1. The molecule has 0 aliphatic carbocycles. The van der Waals surface area contributed by atoms with E-state index in [1.54, 1.807) is 0 Å². The molecule has 0 fully saturated rings. The first-order chi connectivity index (χ1) is 17.2. The number of unbranched alkanes of at least 4 members (excludes halogenated alkanes) is 5. The summed E-state index contributed by atoms with van der Waals surface area (Å²) in [5, 5.41) is 8.61. The Bertz CT molecular complexity index is 1220. The highest BCUT2D eigenvalue weighted by molar-refractivity contribution is 5.75. The normalized spacial score (nSPS) is 11.3. The standard InChI is InChI=1S/C29H34N6/c1-2-3-4-5-6-8-11-22-14-16-23(17-15-22)24-18-20-25(21-19-24)27-28(35(31)29(30)32-27)34-33-26-12-9-7-10-13-26/h7,9-10,12-21H,2-6,8,11,31H2,1H3,(H2,30,32). The summed E-state index contributed by atoms with van der Waals surface area (Å²) in [7, 11) is 0. The number of azo groups is 1. The molecule has 0 amide bonds.